The highest BCUT2D eigenvalue weighted by molar-refractivity contribution is 5.94. The van der Waals surface area contributed by atoms with Gasteiger partial charge in [0.2, 0.25) is 0 Å². The average molecular weight is 423 g/mol. The molecule has 0 spiro atoms. The molecular weight excluding hydrogens is 388 g/mol. The summed E-state index contributed by atoms with van der Waals surface area (Å²) in [6, 6.07) is 13.7. The van der Waals surface area contributed by atoms with E-state index < -0.39 is 0 Å². The first-order valence-corrected chi connectivity index (χ1v) is 11.0. The van der Waals surface area contributed by atoms with Crippen molar-refractivity contribution in [3.8, 4) is 0 Å². The Bertz CT molecular complexity index is 882. The minimum absolute atomic E-state index is 0.0594. The van der Waals surface area contributed by atoms with Crippen LogP contribution in [0.15, 0.2) is 53.7 Å². The normalized spacial score (nSPS) is 15.0. The van der Waals surface area contributed by atoms with Crippen LogP contribution in [0.4, 0.5) is 5.82 Å². The molecule has 1 fully saturated rings. The van der Waals surface area contributed by atoms with Gasteiger partial charge in [0.15, 0.2) is 5.96 Å². The lowest BCUT2D eigenvalue weighted by Crippen LogP contribution is -2.52. The zero-order valence-corrected chi connectivity index (χ0v) is 19.1. The number of hydrogen-bond acceptors (Lipinski definition) is 4. The minimum atomic E-state index is -0.263. The molecule has 2 aromatic rings. The van der Waals surface area contributed by atoms with Gasteiger partial charge < -0.3 is 20.4 Å². The molecule has 1 aliphatic heterocycles. The number of nitrogens with one attached hydrogen (secondary N) is 2. The van der Waals surface area contributed by atoms with E-state index in [-0.39, 0.29) is 11.4 Å². The van der Waals surface area contributed by atoms with Crippen molar-refractivity contribution >= 4 is 17.7 Å². The van der Waals surface area contributed by atoms with Gasteiger partial charge in [-0.15, -0.1) is 0 Å². The summed E-state index contributed by atoms with van der Waals surface area (Å²) < 4.78 is 0. The number of aromatic nitrogens is 1. The number of nitrogens with zero attached hydrogens (tertiary/aromatic N) is 4. The number of piperazine rings is 1. The fraction of sp³-hybridized carbons (Fsp3) is 0.458. The van der Waals surface area contributed by atoms with Crippen LogP contribution in [0.1, 0.15) is 43.6 Å². The molecule has 0 atom stereocenters. The summed E-state index contributed by atoms with van der Waals surface area (Å²) in [5.41, 5.74) is 1.42. The number of hydrogen-bond donors (Lipinski definition) is 2. The number of benzene rings is 1. The first-order chi connectivity index (χ1) is 14.9. The van der Waals surface area contributed by atoms with E-state index in [1.54, 1.807) is 0 Å². The summed E-state index contributed by atoms with van der Waals surface area (Å²) in [4.78, 5) is 26.4. The van der Waals surface area contributed by atoms with Crippen molar-refractivity contribution < 1.29 is 4.79 Å². The number of anilines is 1. The van der Waals surface area contributed by atoms with Gasteiger partial charge in [0.1, 0.15) is 5.82 Å². The maximum atomic E-state index is 12.5. The molecular formula is C24H34N6O. The molecule has 166 valence electrons. The zero-order chi connectivity index (χ0) is 22.3. The van der Waals surface area contributed by atoms with Crippen molar-refractivity contribution in [1.82, 2.24) is 20.5 Å². The fourth-order valence-electron chi connectivity index (χ4n) is 3.50. The highest BCUT2D eigenvalue weighted by Crippen LogP contribution is 2.13. The van der Waals surface area contributed by atoms with E-state index in [0.717, 1.165) is 50.1 Å². The summed E-state index contributed by atoms with van der Waals surface area (Å²) in [6.07, 6.45) is 1.84. The maximum absolute atomic E-state index is 12.5. The standard InChI is InChI=1S/C24H34N6O/c1-5-25-23(30-15-13-29(14-16-30)21-11-6-7-12-26-21)27-18-19-9-8-10-20(17-19)22(31)28-24(2,3)4/h6-12,17H,5,13-16,18H2,1-4H3,(H,25,27)(H,28,31). The van der Waals surface area contributed by atoms with E-state index in [0.29, 0.717) is 12.1 Å². The molecule has 7 nitrogen and oxygen atoms in total. The number of carbonyl (C=O) groups is 1. The van der Waals surface area contributed by atoms with Gasteiger partial charge in [-0.2, -0.15) is 0 Å². The van der Waals surface area contributed by atoms with Crippen LogP contribution in [0.5, 0.6) is 0 Å². The van der Waals surface area contributed by atoms with E-state index in [9.17, 15) is 4.79 Å². The lowest BCUT2D eigenvalue weighted by Gasteiger charge is -2.37. The van der Waals surface area contributed by atoms with E-state index in [1.165, 1.54) is 0 Å². The summed E-state index contributed by atoms with van der Waals surface area (Å²) in [6.45, 7) is 12.9. The Labute approximate surface area is 185 Å². The SMILES string of the molecule is CCNC(=NCc1cccc(C(=O)NC(C)(C)C)c1)N1CCN(c2ccccn2)CC1. The van der Waals surface area contributed by atoms with Crippen molar-refractivity contribution in [2.45, 2.75) is 39.8 Å². The fourth-order valence-corrected chi connectivity index (χ4v) is 3.50. The Kier molecular flexibility index (Phi) is 7.50. The van der Waals surface area contributed by atoms with Gasteiger partial charge in [0.05, 0.1) is 6.54 Å². The molecule has 1 saturated heterocycles. The first kappa shape index (κ1) is 22.6. The second kappa shape index (κ2) is 10.3. The van der Waals surface area contributed by atoms with E-state index in [4.69, 9.17) is 4.99 Å². The summed E-state index contributed by atoms with van der Waals surface area (Å²) in [7, 11) is 0. The quantitative estimate of drug-likeness (QED) is 0.573. The monoisotopic (exact) mass is 422 g/mol. The molecule has 1 aromatic heterocycles. The largest absolute Gasteiger partial charge is 0.357 e. The number of pyridine rings is 1. The van der Waals surface area contributed by atoms with Gasteiger partial charge in [0, 0.05) is 50.0 Å². The lowest BCUT2D eigenvalue weighted by atomic mass is 10.1. The average Bonchev–Trinajstić information content (AvgIpc) is 2.76. The molecule has 7 heteroatoms. The predicted molar refractivity (Wildman–Crippen MR) is 126 cm³/mol. The third-order valence-electron chi connectivity index (χ3n) is 4.98. The zero-order valence-electron chi connectivity index (χ0n) is 19.1. The minimum Gasteiger partial charge on any atom is -0.357 e. The van der Waals surface area contributed by atoms with Gasteiger partial charge in [0.25, 0.3) is 5.91 Å². The number of carbonyl (C=O) groups excluding carboxylic acids is 1. The first-order valence-electron chi connectivity index (χ1n) is 11.0. The van der Waals surface area contributed by atoms with Gasteiger partial charge in [-0.3, -0.25) is 4.79 Å². The van der Waals surface area contributed by atoms with E-state index in [2.05, 4.69) is 38.4 Å². The molecule has 2 heterocycles. The highest BCUT2D eigenvalue weighted by atomic mass is 16.1. The topological polar surface area (TPSA) is 72.9 Å². The predicted octanol–water partition coefficient (Wildman–Crippen LogP) is 2.90. The Morgan fingerprint density at radius 2 is 1.87 bits per heavy atom. The molecule has 1 aliphatic rings. The molecule has 0 bridgehead atoms. The van der Waals surface area contributed by atoms with Crippen LogP contribution in [-0.2, 0) is 6.54 Å². The van der Waals surface area contributed by atoms with E-state index >= 15 is 0 Å². The van der Waals surface area contributed by atoms with Crippen LogP contribution in [-0.4, -0.2) is 60.0 Å². The van der Waals surface area contributed by atoms with Crippen LogP contribution in [0, 0.1) is 0 Å². The third kappa shape index (κ3) is 6.70. The van der Waals surface area contributed by atoms with Crippen LogP contribution in [0.3, 0.4) is 0 Å². The molecule has 1 aromatic carbocycles. The summed E-state index contributed by atoms with van der Waals surface area (Å²) >= 11 is 0. The van der Waals surface area contributed by atoms with Crippen LogP contribution < -0.4 is 15.5 Å². The lowest BCUT2D eigenvalue weighted by molar-refractivity contribution is 0.0919. The third-order valence-corrected chi connectivity index (χ3v) is 4.98. The molecule has 1 amide bonds. The highest BCUT2D eigenvalue weighted by Gasteiger charge is 2.20. The Balaban J connectivity index is 1.64. The number of aliphatic imine (C=N–C) groups is 1. The van der Waals surface area contributed by atoms with Crippen molar-refractivity contribution in [2.24, 2.45) is 4.99 Å². The van der Waals surface area contributed by atoms with Crippen molar-refractivity contribution in [2.75, 3.05) is 37.6 Å². The van der Waals surface area contributed by atoms with Crippen LogP contribution in [0.2, 0.25) is 0 Å². The number of rotatable bonds is 5. The van der Waals surface area contributed by atoms with Crippen molar-refractivity contribution in [3.05, 3.63) is 59.8 Å². The Hall–Kier alpha value is -3.09. The van der Waals surface area contributed by atoms with Gasteiger partial charge in [-0.1, -0.05) is 18.2 Å². The maximum Gasteiger partial charge on any atom is 0.251 e. The molecule has 0 aliphatic carbocycles. The molecule has 2 N–H and O–H groups in total. The molecule has 0 saturated carbocycles. The molecule has 0 unspecified atom stereocenters. The smallest absolute Gasteiger partial charge is 0.251 e. The van der Waals surface area contributed by atoms with Gasteiger partial charge in [-0.25, -0.2) is 9.98 Å². The van der Waals surface area contributed by atoms with Crippen LogP contribution in [0.25, 0.3) is 0 Å². The van der Waals surface area contributed by atoms with Crippen LogP contribution >= 0.6 is 0 Å². The Morgan fingerprint density at radius 1 is 1.10 bits per heavy atom. The van der Waals surface area contributed by atoms with E-state index in [1.807, 2.05) is 63.4 Å². The van der Waals surface area contributed by atoms with Gasteiger partial charge in [-0.05, 0) is 57.5 Å². The summed E-state index contributed by atoms with van der Waals surface area (Å²) in [5.74, 6) is 1.87. The van der Waals surface area contributed by atoms with Crippen molar-refractivity contribution in [3.63, 3.8) is 0 Å². The Morgan fingerprint density at radius 3 is 2.52 bits per heavy atom. The molecule has 0 radical (unpaired) electrons. The molecule has 3 rings (SSSR count). The second-order valence-corrected chi connectivity index (χ2v) is 8.74. The van der Waals surface area contributed by atoms with Crippen molar-refractivity contribution in [1.29, 1.82) is 0 Å². The number of guanidine groups is 1. The molecule has 31 heavy (non-hydrogen) atoms. The van der Waals surface area contributed by atoms with Gasteiger partial charge >= 0.3 is 0 Å². The summed E-state index contributed by atoms with van der Waals surface area (Å²) in [5, 5.41) is 6.42. The number of amides is 1. The second-order valence-electron chi connectivity index (χ2n) is 8.74.